The Kier molecular flexibility index (Phi) is 4.36. The van der Waals surface area contributed by atoms with Crippen molar-refractivity contribution in [3.05, 3.63) is 35.9 Å². The Morgan fingerprint density at radius 2 is 2.00 bits per heavy atom. The van der Waals surface area contributed by atoms with Crippen molar-refractivity contribution in [1.29, 1.82) is 0 Å². The van der Waals surface area contributed by atoms with Gasteiger partial charge in [-0.1, -0.05) is 50.1 Å². The predicted octanol–water partition coefficient (Wildman–Crippen LogP) is 4.01. The molecule has 1 aromatic carbocycles. The first-order valence-electron chi connectivity index (χ1n) is 6.86. The van der Waals surface area contributed by atoms with Gasteiger partial charge in [-0.2, -0.15) is 0 Å². The van der Waals surface area contributed by atoms with E-state index in [1.54, 1.807) is 0 Å². The molecule has 0 spiro atoms. The van der Waals surface area contributed by atoms with Crippen molar-refractivity contribution in [1.82, 2.24) is 0 Å². The molecule has 17 heavy (non-hydrogen) atoms. The van der Waals surface area contributed by atoms with Gasteiger partial charge in [-0.05, 0) is 30.7 Å². The average molecular weight is 230 g/mol. The van der Waals surface area contributed by atoms with E-state index < -0.39 is 0 Å². The number of hydrogen-bond donors (Lipinski definition) is 0. The third-order valence-corrected chi connectivity index (χ3v) is 3.89. The van der Waals surface area contributed by atoms with Crippen LogP contribution in [0.2, 0.25) is 0 Å². The first-order valence-corrected chi connectivity index (χ1v) is 6.86. The summed E-state index contributed by atoms with van der Waals surface area (Å²) >= 11 is 0. The van der Waals surface area contributed by atoms with Crippen LogP contribution < -0.4 is 0 Å². The minimum Gasteiger partial charge on any atom is -0.299 e. The lowest BCUT2D eigenvalue weighted by Gasteiger charge is -2.28. The quantitative estimate of drug-likeness (QED) is 0.763. The van der Waals surface area contributed by atoms with Gasteiger partial charge in [0, 0.05) is 12.3 Å². The fourth-order valence-electron chi connectivity index (χ4n) is 2.97. The summed E-state index contributed by atoms with van der Waals surface area (Å²) in [6.45, 7) is 2.24. The smallest absolute Gasteiger partial charge is 0.136 e. The molecule has 0 radical (unpaired) electrons. The summed E-state index contributed by atoms with van der Waals surface area (Å²) in [6.07, 6.45) is 6.52. The fraction of sp³-hybridized carbons (Fsp3) is 0.562. The Labute approximate surface area is 104 Å². The number of carbonyl (C=O) groups excluding carboxylic acids is 1. The summed E-state index contributed by atoms with van der Waals surface area (Å²) in [5, 5.41) is 0. The monoisotopic (exact) mass is 230 g/mol. The lowest BCUT2D eigenvalue weighted by atomic mass is 9.76. The minimum absolute atomic E-state index is 0.280. The van der Waals surface area contributed by atoms with E-state index in [1.165, 1.54) is 18.4 Å². The van der Waals surface area contributed by atoms with Crippen LogP contribution in [0.25, 0.3) is 0 Å². The summed E-state index contributed by atoms with van der Waals surface area (Å²) in [7, 11) is 0. The second-order valence-electron chi connectivity index (χ2n) is 5.28. The summed E-state index contributed by atoms with van der Waals surface area (Å²) in [6, 6.07) is 10.4. The van der Waals surface area contributed by atoms with E-state index >= 15 is 0 Å². The van der Waals surface area contributed by atoms with Crippen LogP contribution in [0.4, 0.5) is 0 Å². The molecule has 1 aliphatic rings. The van der Waals surface area contributed by atoms with E-state index in [1.807, 2.05) is 6.07 Å². The minimum atomic E-state index is 0.280. The standard InChI is InChI=1S/C16H22O/c1-2-6-13-9-10-16(17)15(11-13)12-14-7-4-3-5-8-14/h3-5,7-8,13,15H,2,6,9-12H2,1H3. The Bertz CT molecular complexity index is 355. The number of Topliss-reactive ketones (excluding diaryl/α,β-unsaturated/α-hetero) is 1. The van der Waals surface area contributed by atoms with Gasteiger partial charge in [0.15, 0.2) is 0 Å². The van der Waals surface area contributed by atoms with Crippen LogP contribution in [0, 0.1) is 11.8 Å². The van der Waals surface area contributed by atoms with Crippen molar-refractivity contribution in [3.8, 4) is 0 Å². The highest BCUT2D eigenvalue weighted by molar-refractivity contribution is 5.82. The van der Waals surface area contributed by atoms with Gasteiger partial charge in [-0.3, -0.25) is 4.79 Å². The normalized spacial score (nSPS) is 24.9. The average Bonchev–Trinajstić information content (AvgIpc) is 2.35. The van der Waals surface area contributed by atoms with Gasteiger partial charge in [0.1, 0.15) is 5.78 Å². The van der Waals surface area contributed by atoms with Gasteiger partial charge in [-0.25, -0.2) is 0 Å². The number of hydrogen-bond acceptors (Lipinski definition) is 1. The van der Waals surface area contributed by atoms with Gasteiger partial charge in [0.05, 0.1) is 0 Å². The largest absolute Gasteiger partial charge is 0.299 e. The molecular weight excluding hydrogens is 208 g/mol. The molecule has 1 saturated carbocycles. The van der Waals surface area contributed by atoms with Crippen molar-refractivity contribution >= 4 is 5.78 Å². The molecular formula is C16H22O. The lowest BCUT2D eigenvalue weighted by Crippen LogP contribution is -2.26. The molecule has 2 atom stereocenters. The Morgan fingerprint density at radius 1 is 1.24 bits per heavy atom. The van der Waals surface area contributed by atoms with Gasteiger partial charge in [-0.15, -0.1) is 0 Å². The van der Waals surface area contributed by atoms with Crippen molar-refractivity contribution in [2.75, 3.05) is 0 Å². The molecule has 1 aliphatic carbocycles. The van der Waals surface area contributed by atoms with Gasteiger partial charge < -0.3 is 0 Å². The molecule has 0 bridgehead atoms. The zero-order valence-electron chi connectivity index (χ0n) is 10.7. The maximum atomic E-state index is 11.9. The van der Waals surface area contributed by atoms with Crippen molar-refractivity contribution in [3.63, 3.8) is 0 Å². The molecule has 0 amide bonds. The molecule has 92 valence electrons. The fourth-order valence-corrected chi connectivity index (χ4v) is 2.97. The van der Waals surface area contributed by atoms with E-state index in [0.29, 0.717) is 5.78 Å². The maximum absolute atomic E-state index is 11.9. The van der Waals surface area contributed by atoms with E-state index in [2.05, 4.69) is 31.2 Å². The van der Waals surface area contributed by atoms with Crippen molar-refractivity contribution in [2.45, 2.75) is 45.4 Å². The third kappa shape index (κ3) is 3.42. The van der Waals surface area contributed by atoms with Gasteiger partial charge in [0.25, 0.3) is 0 Å². The predicted molar refractivity (Wildman–Crippen MR) is 70.9 cm³/mol. The molecule has 1 nitrogen and oxygen atoms in total. The first-order chi connectivity index (χ1) is 8.29. The SMILES string of the molecule is CCCC1CCC(=O)C(Cc2ccccc2)C1. The molecule has 0 N–H and O–H groups in total. The van der Waals surface area contributed by atoms with Crippen molar-refractivity contribution in [2.24, 2.45) is 11.8 Å². The molecule has 2 unspecified atom stereocenters. The van der Waals surface area contributed by atoms with Crippen LogP contribution in [0.5, 0.6) is 0 Å². The molecule has 1 aromatic rings. The summed E-state index contributed by atoms with van der Waals surface area (Å²) < 4.78 is 0. The highest BCUT2D eigenvalue weighted by atomic mass is 16.1. The van der Waals surface area contributed by atoms with E-state index in [4.69, 9.17) is 0 Å². The van der Waals surface area contributed by atoms with E-state index in [0.717, 1.165) is 31.6 Å². The van der Waals surface area contributed by atoms with Crippen LogP contribution in [0.1, 0.15) is 44.6 Å². The Balaban J connectivity index is 1.96. The maximum Gasteiger partial charge on any atom is 0.136 e. The lowest BCUT2D eigenvalue weighted by molar-refractivity contribution is -0.125. The Morgan fingerprint density at radius 3 is 2.71 bits per heavy atom. The Hall–Kier alpha value is -1.11. The highest BCUT2D eigenvalue weighted by Crippen LogP contribution is 2.31. The molecule has 0 aliphatic heterocycles. The van der Waals surface area contributed by atoms with Gasteiger partial charge >= 0.3 is 0 Å². The molecule has 0 heterocycles. The molecule has 0 saturated heterocycles. The van der Waals surface area contributed by atoms with Crippen LogP contribution in [0.3, 0.4) is 0 Å². The molecule has 1 heteroatoms. The van der Waals surface area contributed by atoms with Crippen molar-refractivity contribution < 1.29 is 4.79 Å². The summed E-state index contributed by atoms with van der Waals surface area (Å²) in [5.41, 5.74) is 1.31. The summed E-state index contributed by atoms with van der Waals surface area (Å²) in [5.74, 6) is 1.55. The zero-order chi connectivity index (χ0) is 12.1. The topological polar surface area (TPSA) is 17.1 Å². The number of benzene rings is 1. The molecule has 2 rings (SSSR count). The third-order valence-electron chi connectivity index (χ3n) is 3.89. The number of carbonyl (C=O) groups is 1. The van der Waals surface area contributed by atoms with E-state index in [9.17, 15) is 4.79 Å². The zero-order valence-corrected chi connectivity index (χ0v) is 10.7. The first kappa shape index (κ1) is 12.3. The van der Waals surface area contributed by atoms with Gasteiger partial charge in [0.2, 0.25) is 0 Å². The second kappa shape index (κ2) is 6.00. The van der Waals surface area contributed by atoms with Crippen LogP contribution in [-0.2, 0) is 11.2 Å². The second-order valence-corrected chi connectivity index (χ2v) is 5.28. The molecule has 1 fully saturated rings. The number of ketones is 1. The van der Waals surface area contributed by atoms with Crippen LogP contribution in [0.15, 0.2) is 30.3 Å². The highest BCUT2D eigenvalue weighted by Gasteiger charge is 2.27. The van der Waals surface area contributed by atoms with E-state index in [-0.39, 0.29) is 5.92 Å². The van der Waals surface area contributed by atoms with Crippen LogP contribution >= 0.6 is 0 Å². The summed E-state index contributed by atoms with van der Waals surface area (Å²) in [4.78, 5) is 11.9. The molecule has 0 aromatic heterocycles. The van der Waals surface area contributed by atoms with Crippen LogP contribution in [-0.4, -0.2) is 5.78 Å². The number of rotatable bonds is 4.